The van der Waals surface area contributed by atoms with Gasteiger partial charge in [0.2, 0.25) is 17.7 Å². The molecule has 1 aromatic heterocycles. The van der Waals surface area contributed by atoms with Gasteiger partial charge in [0.25, 0.3) is 0 Å². The molecule has 1 amide bonds. The van der Waals surface area contributed by atoms with Gasteiger partial charge in [-0.05, 0) is 50.5 Å². The number of aryl methyl sites for hydroxylation is 3. The van der Waals surface area contributed by atoms with E-state index >= 15 is 0 Å². The quantitative estimate of drug-likeness (QED) is 0.598. The van der Waals surface area contributed by atoms with Crippen LogP contribution in [0.15, 0.2) is 34.7 Å². The molecule has 1 atom stereocenters. The molecule has 2 heterocycles. The molecule has 0 unspecified atom stereocenters. The van der Waals surface area contributed by atoms with Gasteiger partial charge in [-0.15, -0.1) is 10.2 Å². The maximum absolute atomic E-state index is 12.0. The van der Waals surface area contributed by atoms with Gasteiger partial charge < -0.3 is 14.5 Å². The first-order valence-electron chi connectivity index (χ1n) is 10.5. The number of hydrogen-bond acceptors (Lipinski definition) is 5. The molecule has 0 radical (unpaired) electrons. The zero-order valence-electron chi connectivity index (χ0n) is 16.6. The summed E-state index contributed by atoms with van der Waals surface area (Å²) >= 11 is 0. The van der Waals surface area contributed by atoms with E-state index < -0.39 is 0 Å². The van der Waals surface area contributed by atoms with Gasteiger partial charge in [-0.2, -0.15) is 0 Å². The standard InChI is InChI=1S/C22H31N3O3/c26-20(23-16-15-19-11-6-7-17-27-19)13-14-22-25-24-21(28-22)12-5-4-10-18-8-2-1-3-9-18/h1-3,8-9,19H,4-7,10-17H2,(H,23,26)/t19-/m1/s1. The maximum Gasteiger partial charge on any atom is 0.220 e. The molecule has 0 bridgehead atoms. The fourth-order valence-electron chi connectivity index (χ4n) is 3.46. The second-order valence-electron chi connectivity index (χ2n) is 7.41. The van der Waals surface area contributed by atoms with Crippen LogP contribution in [0.3, 0.4) is 0 Å². The number of hydrogen-bond donors (Lipinski definition) is 1. The van der Waals surface area contributed by atoms with Crippen molar-refractivity contribution in [2.45, 2.75) is 70.3 Å². The number of carbonyl (C=O) groups is 1. The Bertz CT molecular complexity index is 696. The van der Waals surface area contributed by atoms with Crippen LogP contribution in [-0.4, -0.2) is 35.4 Å². The summed E-state index contributed by atoms with van der Waals surface area (Å²) in [5.74, 6) is 1.24. The van der Waals surface area contributed by atoms with Crippen molar-refractivity contribution in [3.05, 3.63) is 47.7 Å². The lowest BCUT2D eigenvalue weighted by molar-refractivity contribution is -0.121. The number of carbonyl (C=O) groups excluding carboxylic acids is 1. The van der Waals surface area contributed by atoms with Gasteiger partial charge >= 0.3 is 0 Å². The highest BCUT2D eigenvalue weighted by Crippen LogP contribution is 2.15. The van der Waals surface area contributed by atoms with Crippen molar-refractivity contribution in [2.75, 3.05) is 13.2 Å². The van der Waals surface area contributed by atoms with Crippen molar-refractivity contribution in [2.24, 2.45) is 0 Å². The smallest absolute Gasteiger partial charge is 0.220 e. The van der Waals surface area contributed by atoms with Gasteiger partial charge in [0.05, 0.1) is 6.10 Å². The molecule has 28 heavy (non-hydrogen) atoms. The molecule has 1 aliphatic heterocycles. The topological polar surface area (TPSA) is 77.2 Å². The summed E-state index contributed by atoms with van der Waals surface area (Å²) in [7, 11) is 0. The lowest BCUT2D eigenvalue weighted by Gasteiger charge is -2.22. The minimum absolute atomic E-state index is 0.0263. The summed E-state index contributed by atoms with van der Waals surface area (Å²) in [5, 5.41) is 11.1. The zero-order chi connectivity index (χ0) is 19.4. The summed E-state index contributed by atoms with van der Waals surface area (Å²) in [6.07, 6.45) is 9.49. The monoisotopic (exact) mass is 385 g/mol. The summed E-state index contributed by atoms with van der Waals surface area (Å²) in [5.41, 5.74) is 1.36. The van der Waals surface area contributed by atoms with Crippen molar-refractivity contribution in [3.63, 3.8) is 0 Å². The van der Waals surface area contributed by atoms with Gasteiger partial charge in [-0.25, -0.2) is 0 Å². The second kappa shape index (κ2) is 11.6. The number of ether oxygens (including phenoxy) is 1. The Kier molecular flexibility index (Phi) is 8.50. The van der Waals surface area contributed by atoms with Crippen LogP contribution in [0.2, 0.25) is 0 Å². The second-order valence-corrected chi connectivity index (χ2v) is 7.41. The summed E-state index contributed by atoms with van der Waals surface area (Å²) in [6.45, 7) is 1.52. The first kappa shape index (κ1) is 20.5. The Hall–Kier alpha value is -2.21. The van der Waals surface area contributed by atoms with Gasteiger partial charge in [-0.3, -0.25) is 4.79 Å². The molecule has 6 heteroatoms. The Morgan fingerprint density at radius 2 is 1.82 bits per heavy atom. The van der Waals surface area contributed by atoms with Crippen molar-refractivity contribution in [1.82, 2.24) is 15.5 Å². The molecule has 0 aliphatic carbocycles. The van der Waals surface area contributed by atoms with Crippen LogP contribution >= 0.6 is 0 Å². The number of rotatable bonds is 11. The molecule has 1 saturated heterocycles. The molecule has 6 nitrogen and oxygen atoms in total. The SMILES string of the molecule is O=C(CCc1nnc(CCCCc2ccccc2)o1)NCC[C@H]1CCCCO1. The predicted molar refractivity (Wildman–Crippen MR) is 107 cm³/mol. The predicted octanol–water partition coefficient (Wildman–Crippen LogP) is 3.64. The third kappa shape index (κ3) is 7.43. The van der Waals surface area contributed by atoms with E-state index in [1.54, 1.807) is 0 Å². The van der Waals surface area contributed by atoms with Crippen LogP contribution in [0.25, 0.3) is 0 Å². The van der Waals surface area contributed by atoms with E-state index in [-0.39, 0.29) is 5.91 Å². The lowest BCUT2D eigenvalue weighted by atomic mass is 10.1. The van der Waals surface area contributed by atoms with E-state index in [2.05, 4.69) is 39.8 Å². The zero-order valence-corrected chi connectivity index (χ0v) is 16.6. The molecule has 0 saturated carbocycles. The van der Waals surface area contributed by atoms with Crippen LogP contribution < -0.4 is 5.32 Å². The van der Waals surface area contributed by atoms with E-state index in [4.69, 9.17) is 9.15 Å². The molecule has 2 aromatic rings. The number of amides is 1. The molecule has 0 spiro atoms. The third-order valence-electron chi connectivity index (χ3n) is 5.09. The number of nitrogens with zero attached hydrogens (tertiary/aromatic N) is 2. The highest BCUT2D eigenvalue weighted by molar-refractivity contribution is 5.75. The van der Waals surface area contributed by atoms with Crippen molar-refractivity contribution in [1.29, 1.82) is 0 Å². The van der Waals surface area contributed by atoms with Crippen molar-refractivity contribution < 1.29 is 13.9 Å². The number of aromatic nitrogens is 2. The minimum Gasteiger partial charge on any atom is -0.425 e. The van der Waals surface area contributed by atoms with E-state index in [0.717, 1.165) is 51.6 Å². The van der Waals surface area contributed by atoms with Crippen LogP contribution in [-0.2, 0) is 28.8 Å². The molecule has 3 rings (SSSR count). The molecule has 1 fully saturated rings. The van der Waals surface area contributed by atoms with Crippen LogP contribution in [0.1, 0.15) is 62.3 Å². The minimum atomic E-state index is 0.0263. The van der Waals surface area contributed by atoms with Crippen LogP contribution in [0, 0.1) is 0 Å². The lowest BCUT2D eigenvalue weighted by Crippen LogP contribution is -2.29. The average Bonchev–Trinajstić information content (AvgIpc) is 3.19. The highest BCUT2D eigenvalue weighted by atomic mass is 16.5. The molecular formula is C22H31N3O3. The maximum atomic E-state index is 12.0. The summed E-state index contributed by atoms with van der Waals surface area (Å²) in [6, 6.07) is 10.5. The first-order valence-corrected chi connectivity index (χ1v) is 10.5. The normalized spacial score (nSPS) is 16.8. The number of nitrogens with one attached hydrogen (secondary N) is 1. The van der Waals surface area contributed by atoms with E-state index in [9.17, 15) is 4.79 Å². The van der Waals surface area contributed by atoms with Crippen LogP contribution in [0.5, 0.6) is 0 Å². The van der Waals surface area contributed by atoms with Crippen molar-refractivity contribution in [3.8, 4) is 0 Å². The van der Waals surface area contributed by atoms with E-state index in [0.29, 0.717) is 37.3 Å². The summed E-state index contributed by atoms with van der Waals surface area (Å²) < 4.78 is 11.3. The van der Waals surface area contributed by atoms with Gasteiger partial charge in [-0.1, -0.05) is 30.3 Å². The molecule has 1 aromatic carbocycles. The third-order valence-corrected chi connectivity index (χ3v) is 5.09. The Morgan fingerprint density at radius 1 is 1.04 bits per heavy atom. The first-order chi connectivity index (χ1) is 13.8. The largest absolute Gasteiger partial charge is 0.425 e. The van der Waals surface area contributed by atoms with Gasteiger partial charge in [0, 0.05) is 32.4 Å². The highest BCUT2D eigenvalue weighted by Gasteiger charge is 2.14. The number of unbranched alkanes of at least 4 members (excludes halogenated alkanes) is 1. The fraction of sp³-hybridized carbons (Fsp3) is 0.591. The van der Waals surface area contributed by atoms with Crippen molar-refractivity contribution >= 4 is 5.91 Å². The van der Waals surface area contributed by atoms with E-state index in [1.807, 2.05) is 6.07 Å². The van der Waals surface area contributed by atoms with Gasteiger partial charge in [0.15, 0.2) is 0 Å². The average molecular weight is 386 g/mol. The molecule has 1 aliphatic rings. The van der Waals surface area contributed by atoms with E-state index in [1.165, 1.54) is 12.0 Å². The Balaban J connectivity index is 1.26. The Morgan fingerprint density at radius 3 is 2.61 bits per heavy atom. The Labute approximate surface area is 167 Å². The summed E-state index contributed by atoms with van der Waals surface area (Å²) in [4.78, 5) is 12.0. The van der Waals surface area contributed by atoms with Crippen LogP contribution in [0.4, 0.5) is 0 Å². The molecule has 1 N–H and O–H groups in total. The fourth-order valence-corrected chi connectivity index (χ4v) is 3.46. The molecule has 152 valence electrons. The van der Waals surface area contributed by atoms with Gasteiger partial charge in [0.1, 0.15) is 0 Å². The number of benzene rings is 1. The molecular weight excluding hydrogens is 354 g/mol.